The van der Waals surface area contributed by atoms with E-state index < -0.39 is 11.7 Å². The Balaban J connectivity index is 2.35. The normalized spacial score (nSPS) is 11.7. The van der Waals surface area contributed by atoms with Crippen LogP contribution in [0.15, 0.2) is 16.4 Å². The molecule has 2 rings (SSSR count). The molecule has 114 valence electrons. The number of fused-ring (bicyclic) bond motifs is 1. The van der Waals surface area contributed by atoms with Crippen LogP contribution in [0.5, 0.6) is 0 Å². The summed E-state index contributed by atoms with van der Waals surface area (Å²) in [4.78, 5) is 20.5. The number of rotatable bonds is 3. The predicted octanol–water partition coefficient (Wildman–Crippen LogP) is 2.92. The number of amides is 1. The Bertz CT molecular complexity index is 665. The maximum absolute atomic E-state index is 11.9. The number of nitrogens with zero attached hydrogens (tertiary/aromatic N) is 4. The van der Waals surface area contributed by atoms with Crippen LogP contribution in [0.1, 0.15) is 20.8 Å². The number of ether oxygens (including phenoxy) is 1. The summed E-state index contributed by atoms with van der Waals surface area (Å²) in [6.45, 7) is 5.42. The fourth-order valence-corrected chi connectivity index (χ4v) is 2.46. The highest BCUT2D eigenvalue weighted by molar-refractivity contribution is 7.99. The first-order valence-electron chi connectivity index (χ1n) is 6.18. The van der Waals surface area contributed by atoms with E-state index in [0.29, 0.717) is 16.6 Å². The van der Waals surface area contributed by atoms with Gasteiger partial charge in [0.05, 0.1) is 6.20 Å². The summed E-state index contributed by atoms with van der Waals surface area (Å²) < 4.78 is 6.79. The molecule has 0 aromatic carbocycles. The molecule has 7 nitrogen and oxygen atoms in total. The zero-order valence-electron chi connectivity index (χ0n) is 12.5. The quantitative estimate of drug-likeness (QED) is 0.868. The maximum atomic E-state index is 11.9. The lowest BCUT2D eigenvalue weighted by atomic mass is 10.2. The number of hydrogen-bond donors (Lipinski definition) is 1. The van der Waals surface area contributed by atoms with Gasteiger partial charge in [-0.05, 0) is 33.3 Å². The monoisotopic (exact) mass is 327 g/mol. The van der Waals surface area contributed by atoms with Gasteiger partial charge in [0.2, 0.25) is 5.16 Å². The first-order valence-corrected chi connectivity index (χ1v) is 8.63. The lowest BCUT2D eigenvalue weighted by Gasteiger charge is -2.19. The minimum absolute atomic E-state index is 0.451. The van der Waals surface area contributed by atoms with E-state index in [1.807, 2.05) is 12.5 Å². The van der Waals surface area contributed by atoms with Crippen LogP contribution in [0.3, 0.4) is 0 Å². The number of anilines is 1. The van der Waals surface area contributed by atoms with Gasteiger partial charge in [0.15, 0.2) is 11.5 Å². The van der Waals surface area contributed by atoms with Crippen LogP contribution in [-0.4, -0.2) is 43.8 Å². The Hall–Kier alpha value is -1.48. The second kappa shape index (κ2) is 6.10. The highest BCUT2D eigenvalue weighted by atomic mass is 32.2. The van der Waals surface area contributed by atoms with E-state index in [1.165, 1.54) is 29.7 Å². The fourth-order valence-electron chi connectivity index (χ4n) is 1.55. The van der Waals surface area contributed by atoms with Crippen molar-refractivity contribution in [3.63, 3.8) is 0 Å². The second-order valence-corrected chi connectivity index (χ2v) is 6.68. The number of aromatic nitrogens is 4. The Morgan fingerprint density at radius 1 is 1.33 bits per heavy atom. The van der Waals surface area contributed by atoms with Crippen LogP contribution in [0.4, 0.5) is 10.6 Å². The lowest BCUT2D eigenvalue weighted by Crippen LogP contribution is -2.27. The molecule has 0 spiro atoms. The topological polar surface area (TPSA) is 81.4 Å². The molecule has 2 aromatic rings. The summed E-state index contributed by atoms with van der Waals surface area (Å²) in [7, 11) is 0. The number of hydrogen-bond acceptors (Lipinski definition) is 7. The van der Waals surface area contributed by atoms with E-state index in [4.69, 9.17) is 4.74 Å². The third kappa shape index (κ3) is 3.79. The molecular formula is C12H17N5O2S2. The third-order valence-corrected chi connectivity index (χ3v) is 3.52. The molecule has 0 bridgehead atoms. The van der Waals surface area contributed by atoms with Crippen LogP contribution in [0.2, 0.25) is 0 Å². The Labute approximate surface area is 131 Å². The molecule has 0 aliphatic carbocycles. The molecule has 0 fully saturated rings. The van der Waals surface area contributed by atoms with Crippen molar-refractivity contribution in [1.82, 2.24) is 19.6 Å². The van der Waals surface area contributed by atoms with Crippen molar-refractivity contribution in [1.29, 1.82) is 0 Å². The van der Waals surface area contributed by atoms with Crippen LogP contribution in [-0.2, 0) is 4.74 Å². The predicted molar refractivity (Wildman–Crippen MR) is 84.2 cm³/mol. The first-order chi connectivity index (χ1) is 9.84. The van der Waals surface area contributed by atoms with Crippen molar-refractivity contribution in [2.24, 2.45) is 0 Å². The van der Waals surface area contributed by atoms with Gasteiger partial charge >= 0.3 is 6.09 Å². The van der Waals surface area contributed by atoms with E-state index in [-0.39, 0.29) is 0 Å². The molecule has 1 amide bonds. The van der Waals surface area contributed by atoms with Gasteiger partial charge in [-0.15, -0.1) is 16.9 Å². The van der Waals surface area contributed by atoms with Gasteiger partial charge in [-0.3, -0.25) is 5.32 Å². The molecular weight excluding hydrogens is 310 g/mol. The SMILES string of the molecule is CSc1nc(SC)c2ncc(NC(=O)OC(C)(C)C)n2n1. The molecule has 2 heterocycles. The molecule has 0 atom stereocenters. The second-order valence-electron chi connectivity index (χ2n) is 5.11. The van der Waals surface area contributed by atoms with Gasteiger partial charge in [-0.2, -0.15) is 4.52 Å². The molecule has 21 heavy (non-hydrogen) atoms. The van der Waals surface area contributed by atoms with Crippen LogP contribution in [0.25, 0.3) is 5.65 Å². The Kier molecular flexibility index (Phi) is 4.62. The van der Waals surface area contributed by atoms with Gasteiger partial charge in [0, 0.05) is 0 Å². The molecule has 0 saturated heterocycles. The zero-order valence-corrected chi connectivity index (χ0v) is 14.1. The molecule has 0 radical (unpaired) electrons. The minimum Gasteiger partial charge on any atom is -0.444 e. The Morgan fingerprint density at radius 2 is 2.05 bits per heavy atom. The zero-order chi connectivity index (χ0) is 15.6. The average Bonchev–Trinajstić information content (AvgIpc) is 2.78. The van der Waals surface area contributed by atoms with Gasteiger partial charge < -0.3 is 4.74 Å². The van der Waals surface area contributed by atoms with Crippen molar-refractivity contribution in [2.45, 2.75) is 36.6 Å². The van der Waals surface area contributed by atoms with Crippen molar-refractivity contribution in [3.8, 4) is 0 Å². The van der Waals surface area contributed by atoms with E-state index in [0.717, 1.165) is 5.03 Å². The summed E-state index contributed by atoms with van der Waals surface area (Å²) in [6, 6.07) is 0. The maximum Gasteiger partial charge on any atom is 0.413 e. The van der Waals surface area contributed by atoms with E-state index in [1.54, 1.807) is 25.3 Å². The molecule has 1 N–H and O–H groups in total. The Morgan fingerprint density at radius 3 is 2.62 bits per heavy atom. The van der Waals surface area contributed by atoms with Crippen molar-refractivity contribution in [3.05, 3.63) is 6.20 Å². The van der Waals surface area contributed by atoms with Gasteiger partial charge in [-0.25, -0.2) is 14.8 Å². The molecule has 0 aliphatic rings. The highest BCUT2D eigenvalue weighted by Crippen LogP contribution is 2.23. The number of thioether (sulfide) groups is 2. The molecule has 0 saturated carbocycles. The number of imidazole rings is 1. The van der Waals surface area contributed by atoms with Crippen molar-refractivity contribution < 1.29 is 9.53 Å². The molecule has 0 aliphatic heterocycles. The summed E-state index contributed by atoms with van der Waals surface area (Å²) in [5.41, 5.74) is 0.0420. The molecule has 2 aromatic heterocycles. The number of nitrogens with one attached hydrogen (secondary N) is 1. The average molecular weight is 327 g/mol. The van der Waals surface area contributed by atoms with E-state index >= 15 is 0 Å². The van der Waals surface area contributed by atoms with Crippen molar-refractivity contribution >= 4 is 41.1 Å². The third-order valence-electron chi connectivity index (χ3n) is 2.32. The number of carbonyl (C=O) groups is 1. The fraction of sp³-hybridized carbons (Fsp3) is 0.500. The summed E-state index contributed by atoms with van der Waals surface area (Å²) >= 11 is 2.90. The minimum atomic E-state index is -0.561. The van der Waals surface area contributed by atoms with Crippen LogP contribution >= 0.6 is 23.5 Å². The highest BCUT2D eigenvalue weighted by Gasteiger charge is 2.19. The molecule has 0 unspecified atom stereocenters. The number of carbonyl (C=O) groups excluding carboxylic acids is 1. The van der Waals surface area contributed by atoms with Gasteiger partial charge in [0.1, 0.15) is 10.6 Å². The van der Waals surface area contributed by atoms with Gasteiger partial charge in [0.25, 0.3) is 0 Å². The summed E-state index contributed by atoms with van der Waals surface area (Å²) in [5.74, 6) is 0.451. The van der Waals surface area contributed by atoms with E-state index in [2.05, 4.69) is 20.4 Å². The first kappa shape index (κ1) is 15.9. The van der Waals surface area contributed by atoms with Crippen LogP contribution < -0.4 is 5.32 Å². The summed E-state index contributed by atoms with van der Waals surface area (Å²) in [5, 5.41) is 8.35. The van der Waals surface area contributed by atoms with Gasteiger partial charge in [-0.1, -0.05) is 11.8 Å². The van der Waals surface area contributed by atoms with E-state index in [9.17, 15) is 4.79 Å². The smallest absolute Gasteiger partial charge is 0.413 e. The van der Waals surface area contributed by atoms with Crippen molar-refractivity contribution in [2.75, 3.05) is 17.8 Å². The standard InChI is InChI=1S/C12H17N5O2S2/c1-12(2,3)19-11(18)14-7-6-13-8-9(20-4)15-10(21-5)16-17(7)8/h6H,1-5H3,(H,14,18). The van der Waals surface area contributed by atoms with Crippen LogP contribution in [0, 0.1) is 0 Å². The molecule has 9 heteroatoms. The largest absolute Gasteiger partial charge is 0.444 e. The summed E-state index contributed by atoms with van der Waals surface area (Å²) in [6.07, 6.45) is 4.81. The lowest BCUT2D eigenvalue weighted by molar-refractivity contribution is 0.0635.